The van der Waals surface area contributed by atoms with E-state index in [-0.39, 0.29) is 6.42 Å². The van der Waals surface area contributed by atoms with Crippen LogP contribution in [0.1, 0.15) is 19.8 Å². The molecule has 1 heterocycles. The molecular weight excluding hydrogens is 140 g/mol. The monoisotopic (exact) mass is 149 g/mol. The number of hydrogen-bond donors (Lipinski definition) is 1. The van der Waals surface area contributed by atoms with Crippen LogP contribution in [0.2, 0.25) is 0 Å². The van der Waals surface area contributed by atoms with Crippen LogP contribution in [0.5, 0.6) is 0 Å². The number of amides is 1. The molecule has 1 aliphatic heterocycles. The first kappa shape index (κ1) is 7.44. The molecular formula is C6H9F2NO. The molecule has 0 aliphatic carbocycles. The van der Waals surface area contributed by atoms with E-state index in [0.29, 0.717) is 0 Å². The molecule has 0 spiro atoms. The highest BCUT2D eigenvalue weighted by Gasteiger charge is 2.38. The molecule has 1 atom stereocenters. The van der Waals surface area contributed by atoms with Crippen LogP contribution in [0, 0.1) is 0 Å². The van der Waals surface area contributed by atoms with Gasteiger partial charge in [0.2, 0.25) is 5.91 Å². The molecule has 0 radical (unpaired) electrons. The van der Waals surface area contributed by atoms with Crippen LogP contribution in [0.15, 0.2) is 0 Å². The van der Waals surface area contributed by atoms with Gasteiger partial charge in [0.25, 0.3) is 5.92 Å². The number of rotatable bonds is 0. The summed E-state index contributed by atoms with van der Waals surface area (Å²) in [6.07, 6.45) is -0.893. The van der Waals surface area contributed by atoms with Crippen molar-refractivity contribution in [3.8, 4) is 0 Å². The van der Waals surface area contributed by atoms with E-state index in [4.69, 9.17) is 0 Å². The molecule has 2 nitrogen and oxygen atoms in total. The molecule has 1 N–H and O–H groups in total. The predicted octanol–water partition coefficient (Wildman–Crippen LogP) is 0.920. The molecule has 1 saturated heterocycles. The predicted molar refractivity (Wildman–Crippen MR) is 31.8 cm³/mol. The third-order valence-electron chi connectivity index (χ3n) is 1.43. The zero-order valence-electron chi connectivity index (χ0n) is 5.66. The lowest BCUT2D eigenvalue weighted by molar-refractivity contribution is -0.135. The van der Waals surface area contributed by atoms with Crippen LogP contribution in [-0.4, -0.2) is 17.9 Å². The van der Waals surface area contributed by atoms with E-state index in [9.17, 15) is 13.6 Å². The minimum absolute atomic E-state index is 0.237. The number of nitrogens with one attached hydrogen (secondary N) is 1. The Labute approximate surface area is 57.6 Å². The van der Waals surface area contributed by atoms with Crippen molar-refractivity contribution in [2.24, 2.45) is 0 Å². The zero-order chi connectivity index (χ0) is 7.78. The van der Waals surface area contributed by atoms with E-state index in [0.717, 1.165) is 0 Å². The SMILES string of the molecule is CC1CC(F)(F)CC(=O)N1. The normalized spacial score (nSPS) is 31.5. The zero-order valence-corrected chi connectivity index (χ0v) is 5.66. The second-order valence-electron chi connectivity index (χ2n) is 2.71. The number of hydrogen-bond acceptors (Lipinski definition) is 1. The number of halogens is 2. The molecule has 0 saturated carbocycles. The van der Waals surface area contributed by atoms with Crippen LogP contribution < -0.4 is 5.32 Å². The molecule has 1 rings (SSSR count). The summed E-state index contributed by atoms with van der Waals surface area (Å²) in [6, 6.07) is -0.392. The molecule has 1 aliphatic rings. The lowest BCUT2D eigenvalue weighted by Crippen LogP contribution is -2.45. The lowest BCUT2D eigenvalue weighted by Gasteiger charge is -2.26. The van der Waals surface area contributed by atoms with Gasteiger partial charge in [0.05, 0.1) is 6.42 Å². The number of alkyl halides is 2. The van der Waals surface area contributed by atoms with Gasteiger partial charge in [-0.3, -0.25) is 4.79 Å². The van der Waals surface area contributed by atoms with Crippen LogP contribution in [0.4, 0.5) is 8.78 Å². The van der Waals surface area contributed by atoms with Crippen molar-refractivity contribution in [3.05, 3.63) is 0 Å². The van der Waals surface area contributed by atoms with Crippen molar-refractivity contribution in [2.75, 3.05) is 0 Å². The third-order valence-corrected chi connectivity index (χ3v) is 1.43. The lowest BCUT2D eigenvalue weighted by atomic mass is 10.0. The standard InChI is InChI=1S/C6H9F2NO/c1-4-2-6(7,8)3-5(10)9-4/h4H,2-3H2,1H3,(H,9,10). The molecule has 0 aromatic rings. The summed E-state index contributed by atoms with van der Waals surface area (Å²) in [7, 11) is 0. The quantitative estimate of drug-likeness (QED) is 0.545. The minimum Gasteiger partial charge on any atom is -0.353 e. The highest BCUT2D eigenvalue weighted by Crippen LogP contribution is 2.27. The number of carbonyl (C=O) groups is 1. The van der Waals surface area contributed by atoms with Gasteiger partial charge in [0, 0.05) is 12.5 Å². The van der Waals surface area contributed by atoms with Gasteiger partial charge in [0.15, 0.2) is 0 Å². The molecule has 1 unspecified atom stereocenters. The van der Waals surface area contributed by atoms with Crippen molar-refractivity contribution in [1.29, 1.82) is 0 Å². The van der Waals surface area contributed by atoms with Gasteiger partial charge in [-0.25, -0.2) is 8.78 Å². The Hall–Kier alpha value is -0.670. The summed E-state index contributed by atoms with van der Waals surface area (Å²) >= 11 is 0. The van der Waals surface area contributed by atoms with Gasteiger partial charge in [-0.1, -0.05) is 0 Å². The Morgan fingerprint density at radius 1 is 1.70 bits per heavy atom. The fourth-order valence-electron chi connectivity index (χ4n) is 1.13. The van der Waals surface area contributed by atoms with Crippen LogP contribution in [0.3, 0.4) is 0 Å². The number of carbonyl (C=O) groups excluding carboxylic acids is 1. The van der Waals surface area contributed by atoms with Gasteiger partial charge < -0.3 is 5.32 Å². The van der Waals surface area contributed by atoms with Gasteiger partial charge >= 0.3 is 0 Å². The van der Waals surface area contributed by atoms with Crippen molar-refractivity contribution >= 4 is 5.91 Å². The molecule has 0 aromatic carbocycles. The summed E-state index contributed by atoms with van der Waals surface area (Å²) in [5, 5.41) is 2.42. The smallest absolute Gasteiger partial charge is 0.258 e. The second-order valence-corrected chi connectivity index (χ2v) is 2.71. The Balaban J connectivity index is 2.59. The molecule has 0 bridgehead atoms. The topological polar surface area (TPSA) is 29.1 Å². The first-order valence-corrected chi connectivity index (χ1v) is 3.17. The Morgan fingerprint density at radius 2 is 2.30 bits per heavy atom. The summed E-state index contributed by atoms with van der Waals surface area (Å²) in [4.78, 5) is 10.5. The highest BCUT2D eigenvalue weighted by molar-refractivity contribution is 5.78. The van der Waals surface area contributed by atoms with Gasteiger partial charge in [0.1, 0.15) is 0 Å². The van der Waals surface area contributed by atoms with E-state index < -0.39 is 24.3 Å². The molecule has 58 valence electrons. The first-order valence-electron chi connectivity index (χ1n) is 3.17. The minimum atomic E-state index is -2.79. The average Bonchev–Trinajstić information content (AvgIpc) is 1.54. The van der Waals surface area contributed by atoms with E-state index in [1.807, 2.05) is 0 Å². The summed E-state index contributed by atoms with van der Waals surface area (Å²) in [5.74, 6) is -3.34. The van der Waals surface area contributed by atoms with Crippen molar-refractivity contribution in [3.63, 3.8) is 0 Å². The van der Waals surface area contributed by atoms with Crippen LogP contribution in [-0.2, 0) is 4.79 Å². The van der Waals surface area contributed by atoms with Crippen molar-refractivity contribution in [2.45, 2.75) is 31.7 Å². The number of piperidine rings is 1. The summed E-state index contributed by atoms with van der Waals surface area (Å²) < 4.78 is 24.9. The summed E-state index contributed by atoms with van der Waals surface area (Å²) in [5.41, 5.74) is 0. The van der Waals surface area contributed by atoms with E-state index in [2.05, 4.69) is 5.32 Å². The maximum Gasteiger partial charge on any atom is 0.258 e. The van der Waals surface area contributed by atoms with E-state index in [1.165, 1.54) is 0 Å². The van der Waals surface area contributed by atoms with Gasteiger partial charge in [-0.2, -0.15) is 0 Å². The Kier molecular flexibility index (Phi) is 1.62. The Morgan fingerprint density at radius 3 is 2.70 bits per heavy atom. The first-order chi connectivity index (χ1) is 4.49. The van der Waals surface area contributed by atoms with Crippen LogP contribution in [0.25, 0.3) is 0 Å². The molecule has 1 fully saturated rings. The van der Waals surface area contributed by atoms with E-state index >= 15 is 0 Å². The maximum atomic E-state index is 12.4. The van der Waals surface area contributed by atoms with Crippen molar-refractivity contribution < 1.29 is 13.6 Å². The van der Waals surface area contributed by atoms with Gasteiger partial charge in [-0.05, 0) is 6.92 Å². The van der Waals surface area contributed by atoms with Crippen LogP contribution >= 0.6 is 0 Å². The fraction of sp³-hybridized carbons (Fsp3) is 0.833. The molecule has 4 heteroatoms. The average molecular weight is 149 g/mol. The molecule has 0 aromatic heterocycles. The third kappa shape index (κ3) is 1.65. The molecule has 1 amide bonds. The fourth-order valence-corrected chi connectivity index (χ4v) is 1.13. The highest BCUT2D eigenvalue weighted by atomic mass is 19.3. The maximum absolute atomic E-state index is 12.4. The Bertz CT molecular complexity index is 158. The second kappa shape index (κ2) is 2.18. The van der Waals surface area contributed by atoms with Crippen molar-refractivity contribution in [1.82, 2.24) is 5.32 Å². The molecule has 10 heavy (non-hydrogen) atoms. The van der Waals surface area contributed by atoms with E-state index in [1.54, 1.807) is 6.92 Å². The summed E-state index contributed by atoms with van der Waals surface area (Å²) in [6.45, 7) is 1.57. The largest absolute Gasteiger partial charge is 0.353 e. The van der Waals surface area contributed by atoms with Gasteiger partial charge in [-0.15, -0.1) is 0 Å².